The minimum absolute atomic E-state index is 0.121. The number of ether oxygens (including phenoxy) is 1. The lowest BCUT2D eigenvalue weighted by Crippen LogP contribution is -2.19. The van der Waals surface area contributed by atoms with Gasteiger partial charge in [0.05, 0.1) is 16.1 Å². The van der Waals surface area contributed by atoms with E-state index in [1.165, 1.54) is 0 Å². The van der Waals surface area contributed by atoms with Gasteiger partial charge in [-0.2, -0.15) is 0 Å². The van der Waals surface area contributed by atoms with Crippen LogP contribution in [0.4, 0.5) is 0 Å². The third kappa shape index (κ3) is 2.86. The third-order valence-electron chi connectivity index (χ3n) is 4.07. The first-order valence-electron chi connectivity index (χ1n) is 7.74. The van der Waals surface area contributed by atoms with Crippen LogP contribution in [0, 0.1) is 0 Å². The van der Waals surface area contributed by atoms with Gasteiger partial charge in [-0.1, -0.05) is 59.6 Å². The van der Waals surface area contributed by atoms with Crippen molar-refractivity contribution in [1.82, 2.24) is 4.57 Å². The standard InChI is InChI=1S/C20H13Cl2NO2/c21-13-9-10-19(16(22)11-13)25-12-20(24)23-17-7-3-1-5-14(17)15-6-2-4-8-18(15)23/h1-11H,12H2. The number of hydrogen-bond donors (Lipinski definition) is 0. The Morgan fingerprint density at radius 1 is 0.880 bits per heavy atom. The van der Waals surface area contributed by atoms with E-state index in [0.717, 1.165) is 21.8 Å². The molecule has 4 aromatic rings. The summed E-state index contributed by atoms with van der Waals surface area (Å²) in [6, 6.07) is 20.6. The van der Waals surface area contributed by atoms with E-state index < -0.39 is 0 Å². The highest BCUT2D eigenvalue weighted by molar-refractivity contribution is 6.35. The second-order valence-electron chi connectivity index (χ2n) is 5.63. The van der Waals surface area contributed by atoms with Gasteiger partial charge in [-0.3, -0.25) is 9.36 Å². The number of halogens is 2. The molecule has 0 saturated carbocycles. The molecule has 4 rings (SSSR count). The summed E-state index contributed by atoms with van der Waals surface area (Å²) in [6.45, 7) is -0.121. The van der Waals surface area contributed by atoms with E-state index in [4.69, 9.17) is 27.9 Å². The average Bonchev–Trinajstić information content (AvgIpc) is 2.95. The third-order valence-corrected chi connectivity index (χ3v) is 4.61. The maximum absolute atomic E-state index is 12.9. The van der Waals surface area contributed by atoms with Crippen LogP contribution in [0.5, 0.6) is 5.75 Å². The maximum atomic E-state index is 12.9. The Labute approximate surface area is 154 Å². The summed E-state index contributed by atoms with van der Waals surface area (Å²) < 4.78 is 7.30. The first kappa shape index (κ1) is 16.0. The normalized spacial score (nSPS) is 11.1. The predicted molar refractivity (Wildman–Crippen MR) is 102 cm³/mol. The molecule has 124 valence electrons. The van der Waals surface area contributed by atoms with Crippen LogP contribution in [0.3, 0.4) is 0 Å². The molecule has 25 heavy (non-hydrogen) atoms. The molecule has 0 saturated heterocycles. The van der Waals surface area contributed by atoms with Crippen molar-refractivity contribution in [1.29, 1.82) is 0 Å². The summed E-state index contributed by atoms with van der Waals surface area (Å²) in [5, 5.41) is 2.97. The summed E-state index contributed by atoms with van der Waals surface area (Å²) in [5.74, 6) is 0.267. The first-order chi connectivity index (χ1) is 12.1. The van der Waals surface area contributed by atoms with Crippen LogP contribution in [-0.4, -0.2) is 17.1 Å². The number of hydrogen-bond acceptors (Lipinski definition) is 2. The van der Waals surface area contributed by atoms with Gasteiger partial charge in [0.25, 0.3) is 5.91 Å². The second-order valence-corrected chi connectivity index (χ2v) is 6.47. The van der Waals surface area contributed by atoms with Crippen LogP contribution in [0.2, 0.25) is 10.0 Å². The van der Waals surface area contributed by atoms with Crippen LogP contribution in [0.15, 0.2) is 66.7 Å². The fraction of sp³-hybridized carbons (Fsp3) is 0.0500. The van der Waals surface area contributed by atoms with E-state index in [0.29, 0.717) is 15.8 Å². The van der Waals surface area contributed by atoms with Gasteiger partial charge in [-0.05, 0) is 30.3 Å². The van der Waals surface area contributed by atoms with Crippen LogP contribution in [-0.2, 0) is 0 Å². The molecule has 0 radical (unpaired) electrons. The first-order valence-corrected chi connectivity index (χ1v) is 8.50. The molecule has 0 amide bonds. The fourth-order valence-electron chi connectivity index (χ4n) is 2.99. The van der Waals surface area contributed by atoms with E-state index in [2.05, 4.69) is 0 Å². The van der Waals surface area contributed by atoms with Crippen molar-refractivity contribution in [2.24, 2.45) is 0 Å². The van der Waals surface area contributed by atoms with E-state index in [9.17, 15) is 4.79 Å². The van der Waals surface area contributed by atoms with Gasteiger partial charge in [-0.15, -0.1) is 0 Å². The fourth-order valence-corrected chi connectivity index (χ4v) is 3.45. The van der Waals surface area contributed by atoms with E-state index in [1.54, 1.807) is 22.8 Å². The SMILES string of the molecule is O=C(COc1ccc(Cl)cc1Cl)n1c2ccccc2c2ccccc21. The molecular formula is C20H13Cl2NO2. The van der Waals surface area contributed by atoms with Crippen molar-refractivity contribution in [3.05, 3.63) is 76.8 Å². The Hall–Kier alpha value is -2.49. The summed E-state index contributed by atoms with van der Waals surface area (Å²) in [6.07, 6.45) is 0. The van der Waals surface area contributed by atoms with Crippen molar-refractivity contribution in [3.63, 3.8) is 0 Å². The molecule has 0 aliphatic heterocycles. The van der Waals surface area contributed by atoms with Gasteiger partial charge in [0.2, 0.25) is 0 Å². The summed E-state index contributed by atoms with van der Waals surface area (Å²) in [4.78, 5) is 12.9. The van der Waals surface area contributed by atoms with Crippen LogP contribution in [0.25, 0.3) is 21.8 Å². The zero-order chi connectivity index (χ0) is 17.4. The molecule has 0 aliphatic carbocycles. The summed E-state index contributed by atoms with van der Waals surface area (Å²) >= 11 is 12.0. The van der Waals surface area contributed by atoms with Gasteiger partial charge in [0.15, 0.2) is 6.61 Å². The molecule has 1 aromatic heterocycles. The average molecular weight is 370 g/mol. The maximum Gasteiger partial charge on any atom is 0.269 e. The molecule has 0 aliphatic rings. The van der Waals surface area contributed by atoms with E-state index in [-0.39, 0.29) is 12.5 Å². The topological polar surface area (TPSA) is 31.2 Å². The zero-order valence-corrected chi connectivity index (χ0v) is 14.6. The molecule has 0 bridgehead atoms. The Balaban J connectivity index is 1.72. The molecule has 5 heteroatoms. The highest BCUT2D eigenvalue weighted by Crippen LogP contribution is 2.30. The van der Waals surface area contributed by atoms with Crippen molar-refractivity contribution < 1.29 is 9.53 Å². The van der Waals surface area contributed by atoms with Gasteiger partial charge in [0.1, 0.15) is 5.75 Å². The molecular weight excluding hydrogens is 357 g/mol. The van der Waals surface area contributed by atoms with Gasteiger partial charge in [-0.25, -0.2) is 0 Å². The van der Waals surface area contributed by atoms with Crippen molar-refractivity contribution in [3.8, 4) is 5.75 Å². The quantitative estimate of drug-likeness (QED) is 0.455. The number of rotatable bonds is 3. The molecule has 3 nitrogen and oxygen atoms in total. The minimum atomic E-state index is -0.164. The molecule has 0 unspecified atom stereocenters. The highest BCUT2D eigenvalue weighted by atomic mass is 35.5. The lowest BCUT2D eigenvalue weighted by atomic mass is 10.2. The van der Waals surface area contributed by atoms with Gasteiger partial charge >= 0.3 is 0 Å². The number of carbonyl (C=O) groups excluding carboxylic acids is 1. The molecule has 1 heterocycles. The second kappa shape index (κ2) is 6.43. The van der Waals surface area contributed by atoms with E-state index in [1.807, 2.05) is 48.5 Å². The van der Waals surface area contributed by atoms with Crippen LogP contribution in [0.1, 0.15) is 4.79 Å². The molecule has 3 aromatic carbocycles. The Kier molecular flexibility index (Phi) is 4.12. The lowest BCUT2D eigenvalue weighted by Gasteiger charge is -2.09. The number of aromatic nitrogens is 1. The highest BCUT2D eigenvalue weighted by Gasteiger charge is 2.16. The lowest BCUT2D eigenvalue weighted by molar-refractivity contribution is 0.0848. The van der Waals surface area contributed by atoms with Crippen molar-refractivity contribution >= 4 is 50.9 Å². The Morgan fingerprint density at radius 2 is 1.48 bits per heavy atom. The zero-order valence-electron chi connectivity index (χ0n) is 13.1. The number of carbonyl (C=O) groups is 1. The molecule has 0 spiro atoms. The van der Waals surface area contributed by atoms with Gasteiger partial charge in [0, 0.05) is 15.8 Å². The van der Waals surface area contributed by atoms with E-state index >= 15 is 0 Å². The van der Waals surface area contributed by atoms with Crippen molar-refractivity contribution in [2.45, 2.75) is 0 Å². The number of para-hydroxylation sites is 2. The minimum Gasteiger partial charge on any atom is -0.482 e. The Bertz CT molecular complexity index is 1050. The van der Waals surface area contributed by atoms with Crippen LogP contribution >= 0.6 is 23.2 Å². The Morgan fingerprint density at radius 3 is 2.08 bits per heavy atom. The summed E-state index contributed by atoms with van der Waals surface area (Å²) in [7, 11) is 0. The number of benzene rings is 3. The molecule has 0 fully saturated rings. The molecule has 0 N–H and O–H groups in total. The van der Waals surface area contributed by atoms with Gasteiger partial charge < -0.3 is 4.74 Å². The molecule has 0 atom stereocenters. The largest absolute Gasteiger partial charge is 0.482 e. The summed E-state index contributed by atoms with van der Waals surface area (Å²) in [5.41, 5.74) is 1.72. The smallest absolute Gasteiger partial charge is 0.269 e. The van der Waals surface area contributed by atoms with Crippen molar-refractivity contribution in [2.75, 3.05) is 6.61 Å². The van der Waals surface area contributed by atoms with Crippen LogP contribution < -0.4 is 4.74 Å². The monoisotopic (exact) mass is 369 g/mol. The number of nitrogens with zero attached hydrogens (tertiary/aromatic N) is 1. The number of fused-ring (bicyclic) bond motifs is 3. The predicted octanol–water partition coefficient (Wildman–Crippen LogP) is 5.82.